The normalized spacial score (nSPS) is 10.2. The third-order valence-electron chi connectivity index (χ3n) is 14.4. The number of aryl methyl sites for hydroxylation is 1. The lowest BCUT2D eigenvalue weighted by molar-refractivity contribution is -0.143. The van der Waals surface area contributed by atoms with Crippen molar-refractivity contribution >= 4 is 93.7 Å². The highest BCUT2D eigenvalue weighted by molar-refractivity contribution is 9.10. The number of ether oxygens (including phenoxy) is 3. The lowest BCUT2D eigenvalue weighted by Gasteiger charge is -2.28. The van der Waals surface area contributed by atoms with Crippen LogP contribution in [0.1, 0.15) is 60.5 Å². The van der Waals surface area contributed by atoms with Gasteiger partial charge in [-0.05, 0) is 183 Å². The lowest BCUT2D eigenvalue weighted by Crippen LogP contribution is -2.29. The molecule has 0 saturated carbocycles. The molecule has 0 aromatic heterocycles. The first-order chi connectivity index (χ1) is 48.0. The quantitative estimate of drug-likeness (QED) is 0.0117. The van der Waals surface area contributed by atoms with Gasteiger partial charge in [-0.1, -0.05) is 224 Å². The molecule has 0 heterocycles. The predicted octanol–water partition coefficient (Wildman–Crippen LogP) is 15.0. The van der Waals surface area contributed by atoms with Crippen molar-refractivity contribution in [3.8, 4) is 56.4 Å². The summed E-state index contributed by atoms with van der Waals surface area (Å²) in [7, 11) is -1.34. The number of halogens is 1. The Bertz CT molecular complexity index is 4280. The standard InChI is InChI=1S/C22H21O2P.C17H18O3.C17H16O3.C13H10O2.C7H5BrO2.C6H7BO2.H2/c1-2-24-22(23)18-25(19-12-6-3-7-13-19,20-14-8-4-9-15-20)21-16-10-5-11-17-21;2*1-2-20-17(19)11-9-14-8-10-15(18)12-16(14)13-6-4-3-5-7-13;14-9-11-6-7-12(15)8-13(11)10-4-2-1-3-5-10;8-7-3-6(10)2-1-5(7)4-9;8-7(9)6-4-2-1-3-5-6;/h3-18H,2H2,1H3;3-8,10,12,18H,2,9,11H2,1H3;3-12,18H,2H2,1H3;1-9,15H;1-4,10H;1-5,8-9H;1H/b;;11-9+;;;;. The van der Waals surface area contributed by atoms with Crippen LogP contribution < -0.4 is 21.4 Å². The number of phenols is 4. The highest BCUT2D eigenvalue weighted by Crippen LogP contribution is 2.43. The molecule has 0 aliphatic heterocycles. The van der Waals surface area contributed by atoms with E-state index in [1.807, 2.05) is 165 Å². The Morgan fingerprint density at radius 2 is 0.778 bits per heavy atom. The molecule has 0 bridgehead atoms. The molecule has 11 aromatic carbocycles. The monoisotopic (exact) mass is 1410 g/mol. The highest BCUT2D eigenvalue weighted by Gasteiger charge is 2.27. The van der Waals surface area contributed by atoms with Crippen LogP contribution in [0.2, 0.25) is 0 Å². The molecule has 0 radical (unpaired) electrons. The fourth-order valence-corrected chi connectivity index (χ4v) is 13.9. The second kappa shape index (κ2) is 41.8. The largest absolute Gasteiger partial charge is 0.508 e. The van der Waals surface area contributed by atoms with E-state index in [1.54, 1.807) is 98.5 Å². The summed E-state index contributed by atoms with van der Waals surface area (Å²) in [6.45, 7) is 4.28. The number of hydrogen-bond acceptors (Lipinski definition) is 14. The number of aldehydes is 2. The van der Waals surface area contributed by atoms with E-state index in [0.717, 1.165) is 73.0 Å². The summed E-state index contributed by atoms with van der Waals surface area (Å²) in [6.07, 6.45) is 5.55. The number of aromatic hydroxyl groups is 4. The van der Waals surface area contributed by atoms with Crippen molar-refractivity contribution in [2.24, 2.45) is 0 Å². The van der Waals surface area contributed by atoms with Crippen molar-refractivity contribution in [1.82, 2.24) is 0 Å². The molecule has 0 atom stereocenters. The summed E-state index contributed by atoms with van der Waals surface area (Å²) in [5, 5.41) is 58.2. The van der Waals surface area contributed by atoms with Gasteiger partial charge in [0.2, 0.25) is 0 Å². The van der Waals surface area contributed by atoms with Crippen LogP contribution in [0.5, 0.6) is 23.0 Å². The van der Waals surface area contributed by atoms with Gasteiger partial charge in [-0.2, -0.15) is 0 Å². The number of carbonyl (C=O) groups excluding carboxylic acids is 5. The first-order valence-corrected chi connectivity index (χ1v) is 34.2. The maximum atomic E-state index is 12.5. The SMILES string of the molecule is CCOC(=O)/C=C/c1ccc(O)cc1-c1ccccc1.CCOC(=O)C=P(c1ccccc1)(c1ccccc1)c1ccccc1.CCOC(=O)CCc1ccc(O)cc1-c1ccccc1.O=Cc1ccc(O)cc1-c1ccccc1.O=Cc1ccc(O)cc1Br.OB(O)c1ccccc1.[HH]. The number of benzene rings is 11. The van der Waals surface area contributed by atoms with Gasteiger partial charge in [-0.15, -0.1) is 0 Å². The van der Waals surface area contributed by atoms with Gasteiger partial charge in [0.25, 0.3) is 0 Å². The number of carbonyl (C=O) groups is 5. The molecule has 0 aliphatic rings. The van der Waals surface area contributed by atoms with Gasteiger partial charge in [0.1, 0.15) is 23.0 Å². The first-order valence-electron chi connectivity index (χ1n) is 31.6. The van der Waals surface area contributed by atoms with E-state index in [9.17, 15) is 39.3 Å². The molecular weight excluding hydrogens is 1330 g/mol. The molecule has 99 heavy (non-hydrogen) atoms. The molecule has 0 unspecified atom stereocenters. The first kappa shape index (κ1) is 76.9. The lowest BCUT2D eigenvalue weighted by atomic mass is 9.81. The molecule has 11 rings (SSSR count). The van der Waals surface area contributed by atoms with Gasteiger partial charge in [0.15, 0.2) is 12.6 Å². The molecule has 0 spiro atoms. The Labute approximate surface area is 588 Å². The molecule has 0 saturated heterocycles. The van der Waals surface area contributed by atoms with Crippen molar-refractivity contribution in [3.05, 3.63) is 318 Å². The summed E-state index contributed by atoms with van der Waals surface area (Å²) in [5.74, 6) is 1.70. The van der Waals surface area contributed by atoms with Gasteiger partial charge in [0, 0.05) is 35.3 Å². The summed E-state index contributed by atoms with van der Waals surface area (Å²) < 4.78 is 15.7. The molecule has 6 N–H and O–H groups in total. The van der Waals surface area contributed by atoms with E-state index >= 15 is 0 Å². The summed E-state index contributed by atoms with van der Waals surface area (Å²) in [5.41, 5.74) is 9.04. The fraction of sp³-hybridized carbons (Fsp3) is 0.0976. The molecule has 506 valence electrons. The third kappa shape index (κ3) is 24.8. The van der Waals surface area contributed by atoms with Crippen LogP contribution in [0.4, 0.5) is 0 Å². The van der Waals surface area contributed by atoms with Crippen LogP contribution in [-0.2, 0) is 35.0 Å². The minimum atomic E-state index is -2.24. The van der Waals surface area contributed by atoms with E-state index in [-0.39, 0.29) is 42.3 Å². The van der Waals surface area contributed by atoms with Gasteiger partial charge in [0.05, 0.1) is 19.8 Å². The molecule has 0 amide bonds. The number of rotatable bonds is 18. The zero-order valence-corrected chi connectivity index (χ0v) is 57.4. The van der Waals surface area contributed by atoms with E-state index in [4.69, 9.17) is 29.4 Å². The molecule has 14 nitrogen and oxygen atoms in total. The van der Waals surface area contributed by atoms with Crippen LogP contribution in [0, 0.1) is 0 Å². The van der Waals surface area contributed by atoms with E-state index in [2.05, 4.69) is 52.3 Å². The summed E-state index contributed by atoms with van der Waals surface area (Å²) in [6, 6.07) is 87.9. The van der Waals surface area contributed by atoms with Crippen molar-refractivity contribution in [2.75, 3.05) is 19.8 Å². The average molecular weight is 1410 g/mol. The van der Waals surface area contributed by atoms with E-state index in [1.165, 1.54) is 24.3 Å². The summed E-state index contributed by atoms with van der Waals surface area (Å²) in [4.78, 5) is 56.4. The molecule has 11 aromatic rings. The predicted molar refractivity (Wildman–Crippen MR) is 404 cm³/mol. The summed E-state index contributed by atoms with van der Waals surface area (Å²) >= 11 is 3.12. The molecule has 0 fully saturated rings. The Morgan fingerprint density at radius 1 is 0.424 bits per heavy atom. The smallest absolute Gasteiger partial charge is 0.488 e. The molecular formula is C82H79BBrO14P. The number of hydrogen-bond donors (Lipinski definition) is 6. The Hall–Kier alpha value is -11.1. The number of phenolic OH excluding ortho intramolecular Hbond substituents is 4. The molecule has 17 heteroatoms. The maximum absolute atomic E-state index is 12.5. The third-order valence-corrected chi connectivity index (χ3v) is 19.0. The van der Waals surface area contributed by atoms with Gasteiger partial charge < -0.3 is 44.7 Å². The van der Waals surface area contributed by atoms with Gasteiger partial charge in [-0.3, -0.25) is 14.4 Å². The number of esters is 3. The second-order valence-corrected chi connectivity index (χ2v) is 25.3. The van der Waals surface area contributed by atoms with Crippen molar-refractivity contribution in [1.29, 1.82) is 0 Å². The zero-order chi connectivity index (χ0) is 71.2. The maximum Gasteiger partial charge on any atom is 0.488 e. The fourth-order valence-electron chi connectivity index (χ4n) is 9.79. The van der Waals surface area contributed by atoms with Gasteiger partial charge >= 0.3 is 25.0 Å². The van der Waals surface area contributed by atoms with Gasteiger partial charge in [-0.25, -0.2) is 9.59 Å². The Kier molecular flexibility index (Phi) is 32.4. The van der Waals surface area contributed by atoms with Crippen LogP contribution in [0.15, 0.2) is 296 Å². The Morgan fingerprint density at radius 3 is 1.18 bits per heavy atom. The van der Waals surface area contributed by atoms with Crippen molar-refractivity contribution in [2.45, 2.75) is 33.6 Å². The van der Waals surface area contributed by atoms with E-state index < -0.39 is 14.0 Å². The van der Waals surface area contributed by atoms with Crippen LogP contribution in [0.3, 0.4) is 0 Å². The minimum absolute atomic E-state index is 0. The van der Waals surface area contributed by atoms with Crippen LogP contribution >= 0.6 is 22.8 Å². The minimum Gasteiger partial charge on any atom is -0.508 e. The second-order valence-electron chi connectivity index (χ2n) is 21.2. The Balaban J connectivity index is 0.000000222. The van der Waals surface area contributed by atoms with Crippen molar-refractivity contribution < 1.29 is 70.1 Å². The van der Waals surface area contributed by atoms with Crippen molar-refractivity contribution in [3.63, 3.8) is 0 Å². The average Bonchev–Trinajstić information content (AvgIpc) is 0.766. The molecule has 0 aliphatic carbocycles. The topological polar surface area (TPSA) is 234 Å². The highest BCUT2D eigenvalue weighted by atomic mass is 79.9. The zero-order valence-electron chi connectivity index (χ0n) is 54.9. The van der Waals surface area contributed by atoms with Crippen LogP contribution in [0.25, 0.3) is 39.5 Å². The van der Waals surface area contributed by atoms with Crippen LogP contribution in [-0.4, -0.2) is 93.7 Å². The van der Waals surface area contributed by atoms with E-state index in [0.29, 0.717) is 53.7 Å².